The Bertz CT molecular complexity index is 499. The average Bonchev–Trinajstić information content (AvgIpc) is 2.40. The van der Waals surface area contributed by atoms with Crippen molar-refractivity contribution in [1.29, 1.82) is 0 Å². The normalized spacial score (nSPS) is 18.9. The fraction of sp³-hybridized carbons (Fsp3) is 0.500. The zero-order chi connectivity index (χ0) is 13.0. The van der Waals surface area contributed by atoms with Crippen LogP contribution in [0.5, 0.6) is 0 Å². The van der Waals surface area contributed by atoms with Gasteiger partial charge in [0.05, 0.1) is 25.0 Å². The van der Waals surface area contributed by atoms with Crippen LogP contribution in [0.25, 0.3) is 0 Å². The minimum absolute atomic E-state index is 0.0977. The molecule has 1 heterocycles. The van der Waals surface area contributed by atoms with Gasteiger partial charge in [0.15, 0.2) is 0 Å². The van der Waals surface area contributed by atoms with Crippen LogP contribution < -0.4 is 10.9 Å². The first-order chi connectivity index (χ1) is 8.72. The van der Waals surface area contributed by atoms with Crippen LogP contribution in [0, 0.1) is 0 Å². The number of allylic oxidation sites excluding steroid dienone is 1. The molecule has 0 aromatic carbocycles. The number of hydrogen-bond donors (Lipinski definition) is 2. The van der Waals surface area contributed by atoms with Gasteiger partial charge in [-0.3, -0.25) is 4.79 Å². The van der Waals surface area contributed by atoms with Gasteiger partial charge < -0.3 is 10.4 Å². The summed E-state index contributed by atoms with van der Waals surface area (Å²) in [6.07, 6.45) is 9.03. The van der Waals surface area contributed by atoms with E-state index in [0.717, 1.165) is 24.9 Å². The van der Waals surface area contributed by atoms with Gasteiger partial charge in [0.1, 0.15) is 4.47 Å². The minimum Gasteiger partial charge on any atom is -0.394 e. The Morgan fingerprint density at radius 2 is 2.39 bits per heavy atom. The maximum Gasteiger partial charge on any atom is 0.283 e. The van der Waals surface area contributed by atoms with E-state index < -0.39 is 0 Å². The molecule has 2 N–H and O–H groups in total. The number of halogens is 1. The van der Waals surface area contributed by atoms with Crippen molar-refractivity contribution in [3.63, 3.8) is 0 Å². The highest BCUT2D eigenvalue weighted by molar-refractivity contribution is 9.10. The van der Waals surface area contributed by atoms with Crippen LogP contribution in [-0.2, 0) is 6.54 Å². The van der Waals surface area contributed by atoms with Crippen molar-refractivity contribution in [2.45, 2.75) is 31.8 Å². The molecule has 0 saturated heterocycles. The first kappa shape index (κ1) is 13.3. The lowest BCUT2D eigenvalue weighted by molar-refractivity contribution is 0.266. The van der Waals surface area contributed by atoms with E-state index in [1.54, 1.807) is 6.20 Å². The fourth-order valence-electron chi connectivity index (χ4n) is 1.96. The summed E-state index contributed by atoms with van der Waals surface area (Å²) >= 11 is 3.29. The Balaban J connectivity index is 2.16. The molecule has 5 nitrogen and oxygen atoms in total. The van der Waals surface area contributed by atoms with Crippen molar-refractivity contribution in [3.05, 3.63) is 33.2 Å². The maximum atomic E-state index is 11.9. The SMILES string of the molecule is O=c1c(Br)c(NC2CC=CCC2)cnn1CCO. The molecule has 0 saturated carbocycles. The number of hydrogen-bond acceptors (Lipinski definition) is 4. The monoisotopic (exact) mass is 313 g/mol. The number of anilines is 1. The Kier molecular flexibility index (Phi) is 4.54. The van der Waals surface area contributed by atoms with Crippen LogP contribution in [-0.4, -0.2) is 27.5 Å². The predicted molar refractivity (Wildman–Crippen MR) is 73.7 cm³/mol. The second-order valence-corrected chi connectivity index (χ2v) is 5.04. The lowest BCUT2D eigenvalue weighted by Crippen LogP contribution is -2.28. The third-order valence-electron chi connectivity index (χ3n) is 2.93. The van der Waals surface area contributed by atoms with Gasteiger partial charge in [0.25, 0.3) is 5.56 Å². The molecule has 0 fully saturated rings. The van der Waals surface area contributed by atoms with E-state index in [1.807, 2.05) is 0 Å². The summed E-state index contributed by atoms with van der Waals surface area (Å²) in [4.78, 5) is 11.9. The van der Waals surface area contributed by atoms with E-state index in [9.17, 15) is 4.79 Å². The van der Waals surface area contributed by atoms with Crippen LogP contribution >= 0.6 is 15.9 Å². The summed E-state index contributed by atoms with van der Waals surface area (Å²) in [6, 6.07) is 0.348. The first-order valence-electron chi connectivity index (χ1n) is 6.00. The van der Waals surface area contributed by atoms with E-state index in [2.05, 4.69) is 38.5 Å². The lowest BCUT2D eigenvalue weighted by atomic mass is 10.0. The molecule has 6 heteroatoms. The van der Waals surface area contributed by atoms with Crippen molar-refractivity contribution >= 4 is 21.6 Å². The van der Waals surface area contributed by atoms with Gasteiger partial charge in [-0.05, 0) is 35.2 Å². The van der Waals surface area contributed by atoms with Crippen molar-refractivity contribution in [1.82, 2.24) is 9.78 Å². The van der Waals surface area contributed by atoms with E-state index in [-0.39, 0.29) is 18.7 Å². The Labute approximate surface area is 114 Å². The van der Waals surface area contributed by atoms with Crippen LogP contribution in [0.4, 0.5) is 5.69 Å². The van der Waals surface area contributed by atoms with Crippen molar-refractivity contribution < 1.29 is 5.11 Å². The van der Waals surface area contributed by atoms with Crippen LogP contribution in [0.3, 0.4) is 0 Å². The van der Waals surface area contributed by atoms with Gasteiger partial charge in [-0.25, -0.2) is 4.68 Å². The number of nitrogens with zero attached hydrogens (tertiary/aromatic N) is 2. The molecule has 0 spiro atoms. The molecule has 1 aromatic rings. The van der Waals surface area contributed by atoms with Crippen LogP contribution in [0.2, 0.25) is 0 Å². The van der Waals surface area contributed by atoms with E-state index in [1.165, 1.54) is 4.68 Å². The third-order valence-corrected chi connectivity index (χ3v) is 3.69. The Hall–Kier alpha value is -1.14. The molecule has 0 aliphatic heterocycles. The summed E-state index contributed by atoms with van der Waals surface area (Å²) in [5, 5.41) is 16.2. The topological polar surface area (TPSA) is 67.2 Å². The zero-order valence-electron chi connectivity index (χ0n) is 9.97. The zero-order valence-corrected chi connectivity index (χ0v) is 11.6. The van der Waals surface area contributed by atoms with E-state index >= 15 is 0 Å². The molecule has 1 atom stereocenters. The molecule has 2 rings (SSSR count). The second-order valence-electron chi connectivity index (χ2n) is 4.25. The van der Waals surface area contributed by atoms with E-state index in [4.69, 9.17) is 5.11 Å². The van der Waals surface area contributed by atoms with Crippen molar-refractivity contribution in [2.75, 3.05) is 11.9 Å². The van der Waals surface area contributed by atoms with Gasteiger partial charge in [-0.2, -0.15) is 5.10 Å². The highest BCUT2D eigenvalue weighted by atomic mass is 79.9. The highest BCUT2D eigenvalue weighted by Gasteiger charge is 2.14. The maximum absolute atomic E-state index is 11.9. The quantitative estimate of drug-likeness (QED) is 0.827. The summed E-state index contributed by atoms with van der Waals surface area (Å²) in [5.74, 6) is 0. The minimum atomic E-state index is -0.222. The number of aliphatic hydroxyl groups excluding tert-OH is 1. The standard InChI is InChI=1S/C12H16BrN3O2/c13-11-10(15-9-4-2-1-3-5-9)8-14-16(6-7-17)12(11)18/h1-2,8-9,15,17H,3-7H2. The molecule has 98 valence electrons. The van der Waals surface area contributed by atoms with Gasteiger partial charge in [0.2, 0.25) is 0 Å². The summed E-state index contributed by atoms with van der Waals surface area (Å²) < 4.78 is 1.72. The van der Waals surface area contributed by atoms with E-state index in [0.29, 0.717) is 10.5 Å². The van der Waals surface area contributed by atoms with Crippen LogP contribution in [0.15, 0.2) is 27.6 Å². The molecule has 0 radical (unpaired) electrons. The number of aromatic nitrogens is 2. The molecular weight excluding hydrogens is 298 g/mol. The van der Waals surface area contributed by atoms with Crippen molar-refractivity contribution in [2.24, 2.45) is 0 Å². The second kappa shape index (κ2) is 6.15. The van der Waals surface area contributed by atoms with Gasteiger partial charge in [0, 0.05) is 6.04 Å². The third kappa shape index (κ3) is 3.00. The largest absolute Gasteiger partial charge is 0.394 e. The molecule has 0 bridgehead atoms. The van der Waals surface area contributed by atoms with Gasteiger partial charge in [-0.1, -0.05) is 12.2 Å². The molecule has 1 aliphatic carbocycles. The number of nitrogens with one attached hydrogen (secondary N) is 1. The van der Waals surface area contributed by atoms with Gasteiger partial charge >= 0.3 is 0 Å². The molecule has 1 aromatic heterocycles. The van der Waals surface area contributed by atoms with Crippen molar-refractivity contribution in [3.8, 4) is 0 Å². The summed E-state index contributed by atoms with van der Waals surface area (Å²) in [5.41, 5.74) is 0.495. The Morgan fingerprint density at radius 1 is 1.56 bits per heavy atom. The summed E-state index contributed by atoms with van der Waals surface area (Å²) in [6.45, 7) is 0.115. The number of aliphatic hydroxyl groups is 1. The smallest absolute Gasteiger partial charge is 0.283 e. The molecule has 1 unspecified atom stereocenters. The Morgan fingerprint density at radius 3 is 3.06 bits per heavy atom. The molecule has 0 amide bonds. The summed E-state index contributed by atoms with van der Waals surface area (Å²) in [7, 11) is 0. The number of rotatable bonds is 4. The predicted octanol–water partition coefficient (Wildman–Crippen LogP) is 1.52. The average molecular weight is 314 g/mol. The lowest BCUT2D eigenvalue weighted by Gasteiger charge is -2.21. The molecule has 18 heavy (non-hydrogen) atoms. The van der Waals surface area contributed by atoms with Crippen LogP contribution in [0.1, 0.15) is 19.3 Å². The fourth-order valence-corrected chi connectivity index (χ4v) is 2.39. The van der Waals surface area contributed by atoms with Gasteiger partial charge in [-0.15, -0.1) is 0 Å². The molecule has 1 aliphatic rings. The highest BCUT2D eigenvalue weighted by Crippen LogP contribution is 2.21. The first-order valence-corrected chi connectivity index (χ1v) is 6.79. The molecular formula is C12H16BrN3O2.